The van der Waals surface area contributed by atoms with Crippen LogP contribution in [0.4, 0.5) is 4.39 Å². The largest absolute Gasteiger partial charge is 0.341 e. The molecule has 0 unspecified atom stereocenters. The summed E-state index contributed by atoms with van der Waals surface area (Å²) in [6.45, 7) is 10.4. The lowest BCUT2D eigenvalue weighted by molar-refractivity contribution is -0.138. The van der Waals surface area contributed by atoms with Gasteiger partial charge in [0.15, 0.2) is 0 Å². The van der Waals surface area contributed by atoms with Gasteiger partial charge in [0.2, 0.25) is 5.91 Å². The van der Waals surface area contributed by atoms with Gasteiger partial charge in [-0.15, -0.1) is 0 Å². The molecule has 2 bridgehead atoms. The van der Waals surface area contributed by atoms with E-state index in [1.165, 1.54) is 12.1 Å². The molecule has 2 aliphatic carbocycles. The van der Waals surface area contributed by atoms with Crippen LogP contribution >= 0.6 is 0 Å². The Kier molecular flexibility index (Phi) is 3.42. The number of carbonyl (C=O) groups is 1. The van der Waals surface area contributed by atoms with Crippen molar-refractivity contribution in [2.45, 2.75) is 45.4 Å². The van der Waals surface area contributed by atoms with E-state index in [2.05, 4.69) is 20.4 Å². The summed E-state index contributed by atoms with van der Waals surface area (Å²) in [6.07, 6.45) is 4.06. The number of likely N-dealkylation sites (tertiary alicyclic amines) is 1. The lowest BCUT2D eigenvalue weighted by atomic mass is 9.68. The van der Waals surface area contributed by atoms with E-state index in [1.54, 1.807) is 0 Å². The third-order valence-corrected chi connectivity index (χ3v) is 7.12. The first-order valence-corrected chi connectivity index (χ1v) is 9.09. The predicted molar refractivity (Wildman–Crippen MR) is 93.0 cm³/mol. The van der Waals surface area contributed by atoms with Gasteiger partial charge in [-0.25, -0.2) is 4.39 Å². The first kappa shape index (κ1) is 15.9. The lowest BCUT2D eigenvalue weighted by Crippen LogP contribution is -2.43. The van der Waals surface area contributed by atoms with E-state index < -0.39 is 0 Å². The van der Waals surface area contributed by atoms with E-state index >= 15 is 0 Å². The summed E-state index contributed by atoms with van der Waals surface area (Å²) in [5.41, 5.74) is 2.07. The van der Waals surface area contributed by atoms with E-state index in [9.17, 15) is 9.18 Å². The SMILES string of the molecule is C=C1C(C)(C)[C@H]2CC[C@]1(C(=O)N1CC[C@H](c3ccc(F)cc3)C1)C2. The fraction of sp³-hybridized carbons (Fsp3) is 0.571. The molecule has 0 spiro atoms. The maximum Gasteiger partial charge on any atom is 0.232 e. The molecular weight excluding hydrogens is 301 g/mol. The van der Waals surface area contributed by atoms with Gasteiger partial charge in [-0.1, -0.05) is 38.1 Å². The standard InChI is InChI=1S/C21H26FNO/c1-14-20(2,3)17-8-10-21(14,12-17)19(24)23-11-9-16(13-23)15-4-6-18(22)7-5-15/h4-7,16-17H,1,8-13H2,2-3H3/t16-,17-,21-/m0/s1. The van der Waals surface area contributed by atoms with Crippen molar-refractivity contribution in [3.63, 3.8) is 0 Å². The second-order valence-corrected chi connectivity index (χ2v) is 8.51. The molecular formula is C21H26FNO. The summed E-state index contributed by atoms with van der Waals surface area (Å²) in [4.78, 5) is 15.4. The number of hydrogen-bond acceptors (Lipinski definition) is 1. The number of fused-ring (bicyclic) bond motifs is 2. The van der Waals surface area contributed by atoms with Crippen molar-refractivity contribution in [1.29, 1.82) is 0 Å². The Hall–Kier alpha value is -1.64. The molecule has 1 aliphatic heterocycles. The van der Waals surface area contributed by atoms with Gasteiger partial charge in [0, 0.05) is 19.0 Å². The van der Waals surface area contributed by atoms with Crippen LogP contribution in [0.3, 0.4) is 0 Å². The van der Waals surface area contributed by atoms with Crippen molar-refractivity contribution in [2.24, 2.45) is 16.7 Å². The summed E-state index contributed by atoms with van der Waals surface area (Å²) < 4.78 is 13.1. The first-order valence-electron chi connectivity index (χ1n) is 9.09. The van der Waals surface area contributed by atoms with Gasteiger partial charge in [-0.05, 0) is 54.7 Å². The fourth-order valence-corrected chi connectivity index (χ4v) is 5.38. The molecule has 1 amide bonds. The molecule has 1 aromatic carbocycles. The molecule has 1 heterocycles. The molecule has 0 aromatic heterocycles. The first-order chi connectivity index (χ1) is 11.3. The monoisotopic (exact) mass is 327 g/mol. The topological polar surface area (TPSA) is 20.3 Å². The summed E-state index contributed by atoms with van der Waals surface area (Å²) in [7, 11) is 0. The summed E-state index contributed by atoms with van der Waals surface area (Å²) in [5.74, 6) is 1.02. The van der Waals surface area contributed by atoms with Gasteiger partial charge in [-0.2, -0.15) is 0 Å². The average Bonchev–Trinajstić information content (AvgIpc) is 3.25. The molecule has 24 heavy (non-hydrogen) atoms. The Bertz CT molecular complexity index is 692. The van der Waals surface area contributed by atoms with E-state index in [1.807, 2.05) is 17.0 Å². The van der Waals surface area contributed by atoms with E-state index in [4.69, 9.17) is 0 Å². The molecule has 2 saturated carbocycles. The summed E-state index contributed by atoms with van der Waals surface area (Å²) in [6, 6.07) is 6.74. The van der Waals surface area contributed by atoms with Crippen LogP contribution < -0.4 is 0 Å². The Labute approximate surface area is 143 Å². The number of rotatable bonds is 2. The van der Waals surface area contributed by atoms with Crippen LogP contribution in [0.5, 0.6) is 0 Å². The number of nitrogens with zero attached hydrogens (tertiary/aromatic N) is 1. The molecule has 0 radical (unpaired) electrons. The second kappa shape index (κ2) is 5.18. The van der Waals surface area contributed by atoms with Crippen molar-refractivity contribution in [3.05, 3.63) is 47.8 Å². The normalized spacial score (nSPS) is 34.1. The van der Waals surface area contributed by atoms with Gasteiger partial charge in [0.1, 0.15) is 5.82 Å². The zero-order valence-electron chi connectivity index (χ0n) is 14.6. The maximum absolute atomic E-state index is 13.4. The van der Waals surface area contributed by atoms with Crippen LogP contribution in [0.15, 0.2) is 36.4 Å². The van der Waals surface area contributed by atoms with Gasteiger partial charge >= 0.3 is 0 Å². The highest BCUT2D eigenvalue weighted by atomic mass is 19.1. The van der Waals surface area contributed by atoms with Gasteiger partial charge in [-0.3, -0.25) is 4.79 Å². The van der Waals surface area contributed by atoms with E-state index in [0.717, 1.165) is 49.9 Å². The van der Waals surface area contributed by atoms with Gasteiger partial charge < -0.3 is 4.90 Å². The zero-order valence-corrected chi connectivity index (χ0v) is 14.6. The summed E-state index contributed by atoms with van der Waals surface area (Å²) in [5, 5.41) is 0. The van der Waals surface area contributed by atoms with Crippen LogP contribution in [-0.4, -0.2) is 23.9 Å². The molecule has 3 aliphatic rings. The molecule has 3 fully saturated rings. The molecule has 0 N–H and O–H groups in total. The minimum Gasteiger partial charge on any atom is -0.341 e. The van der Waals surface area contributed by atoms with Crippen molar-refractivity contribution in [3.8, 4) is 0 Å². The van der Waals surface area contributed by atoms with Crippen LogP contribution in [0, 0.1) is 22.6 Å². The predicted octanol–water partition coefficient (Wildman–Crippen LogP) is 4.52. The van der Waals surface area contributed by atoms with Crippen molar-refractivity contribution in [2.75, 3.05) is 13.1 Å². The number of amides is 1. The lowest BCUT2D eigenvalue weighted by Gasteiger charge is -2.39. The molecule has 1 aromatic rings. The Morgan fingerprint density at radius 2 is 1.96 bits per heavy atom. The van der Waals surface area contributed by atoms with Crippen LogP contribution in [0.2, 0.25) is 0 Å². The second-order valence-electron chi connectivity index (χ2n) is 8.51. The smallest absolute Gasteiger partial charge is 0.232 e. The minimum atomic E-state index is -0.314. The highest BCUT2D eigenvalue weighted by Crippen LogP contribution is 2.66. The van der Waals surface area contributed by atoms with E-state index in [-0.39, 0.29) is 16.6 Å². The third kappa shape index (κ3) is 2.09. The summed E-state index contributed by atoms with van der Waals surface area (Å²) >= 11 is 0. The Morgan fingerprint density at radius 1 is 1.25 bits per heavy atom. The number of benzene rings is 1. The van der Waals surface area contributed by atoms with Crippen LogP contribution in [0.25, 0.3) is 0 Å². The molecule has 128 valence electrons. The van der Waals surface area contributed by atoms with Gasteiger partial charge in [0.25, 0.3) is 0 Å². The highest BCUT2D eigenvalue weighted by molar-refractivity contribution is 5.88. The molecule has 3 heteroatoms. The number of hydrogen-bond donors (Lipinski definition) is 0. The molecule has 4 rings (SSSR count). The molecule has 3 atom stereocenters. The zero-order chi connectivity index (χ0) is 17.1. The molecule has 2 nitrogen and oxygen atoms in total. The van der Waals surface area contributed by atoms with Crippen LogP contribution in [-0.2, 0) is 4.79 Å². The highest BCUT2D eigenvalue weighted by Gasteiger charge is 2.61. The number of halogens is 1. The maximum atomic E-state index is 13.4. The quantitative estimate of drug-likeness (QED) is 0.731. The average molecular weight is 327 g/mol. The minimum absolute atomic E-state index is 0.0873. The van der Waals surface area contributed by atoms with Crippen LogP contribution in [0.1, 0.15) is 51.0 Å². The number of carbonyl (C=O) groups excluding carboxylic acids is 1. The van der Waals surface area contributed by atoms with Gasteiger partial charge in [0.05, 0.1) is 5.41 Å². The van der Waals surface area contributed by atoms with E-state index in [0.29, 0.717) is 17.7 Å². The third-order valence-electron chi connectivity index (χ3n) is 7.12. The fourth-order valence-electron chi connectivity index (χ4n) is 5.38. The van der Waals surface area contributed by atoms with Crippen molar-refractivity contribution < 1.29 is 9.18 Å². The van der Waals surface area contributed by atoms with Crippen molar-refractivity contribution in [1.82, 2.24) is 4.90 Å². The Balaban J connectivity index is 1.52. The van der Waals surface area contributed by atoms with Crippen molar-refractivity contribution >= 4 is 5.91 Å². The Morgan fingerprint density at radius 3 is 2.58 bits per heavy atom. The molecule has 1 saturated heterocycles.